The summed E-state index contributed by atoms with van der Waals surface area (Å²) in [4.78, 5) is 0. The van der Waals surface area contributed by atoms with Gasteiger partial charge in [-0.25, -0.2) is 0 Å². The molecular weight excluding hydrogens is 226 g/mol. The van der Waals surface area contributed by atoms with Gasteiger partial charge in [-0.15, -0.1) is 0 Å². The van der Waals surface area contributed by atoms with E-state index in [2.05, 4.69) is 35.6 Å². The van der Waals surface area contributed by atoms with E-state index >= 15 is 0 Å². The SMILES string of the molecule is CCn1ncc(CNCc2cn(C)nc2C)c1C. The molecule has 0 aliphatic rings. The quantitative estimate of drug-likeness (QED) is 0.872. The Kier molecular flexibility index (Phi) is 3.81. The molecule has 2 aromatic rings. The molecule has 1 N–H and O–H groups in total. The Morgan fingerprint density at radius 3 is 2.50 bits per heavy atom. The number of hydrogen-bond donors (Lipinski definition) is 1. The monoisotopic (exact) mass is 247 g/mol. The Hall–Kier alpha value is -1.62. The molecule has 0 aromatic carbocycles. The third-order valence-electron chi connectivity index (χ3n) is 3.25. The molecule has 0 fully saturated rings. The maximum atomic E-state index is 4.34. The molecule has 2 rings (SSSR count). The topological polar surface area (TPSA) is 47.7 Å². The summed E-state index contributed by atoms with van der Waals surface area (Å²) in [5, 5.41) is 12.1. The molecule has 18 heavy (non-hydrogen) atoms. The molecule has 0 spiro atoms. The highest BCUT2D eigenvalue weighted by Crippen LogP contribution is 2.08. The number of nitrogens with one attached hydrogen (secondary N) is 1. The van der Waals surface area contributed by atoms with Gasteiger partial charge < -0.3 is 5.32 Å². The van der Waals surface area contributed by atoms with Gasteiger partial charge in [-0.1, -0.05) is 0 Å². The summed E-state index contributed by atoms with van der Waals surface area (Å²) >= 11 is 0. The molecule has 0 aliphatic carbocycles. The van der Waals surface area contributed by atoms with Crippen LogP contribution in [0.3, 0.4) is 0 Å². The van der Waals surface area contributed by atoms with Crippen LogP contribution >= 0.6 is 0 Å². The van der Waals surface area contributed by atoms with Crippen LogP contribution in [0.25, 0.3) is 0 Å². The van der Waals surface area contributed by atoms with Crippen LogP contribution < -0.4 is 5.32 Å². The second-order valence-electron chi connectivity index (χ2n) is 4.59. The molecule has 0 aliphatic heterocycles. The Morgan fingerprint density at radius 2 is 1.94 bits per heavy atom. The number of rotatable bonds is 5. The first kappa shape index (κ1) is 12.8. The summed E-state index contributed by atoms with van der Waals surface area (Å²) in [5.74, 6) is 0. The van der Waals surface area contributed by atoms with Gasteiger partial charge in [-0.3, -0.25) is 9.36 Å². The lowest BCUT2D eigenvalue weighted by Gasteiger charge is -2.04. The molecule has 0 saturated carbocycles. The lowest BCUT2D eigenvalue weighted by atomic mass is 10.2. The first-order valence-corrected chi connectivity index (χ1v) is 6.33. The average molecular weight is 247 g/mol. The van der Waals surface area contributed by atoms with Crippen LogP contribution in [-0.2, 0) is 26.7 Å². The summed E-state index contributed by atoms with van der Waals surface area (Å²) in [5.41, 5.74) is 4.84. The minimum Gasteiger partial charge on any atom is -0.308 e. The van der Waals surface area contributed by atoms with Crippen molar-refractivity contribution in [3.63, 3.8) is 0 Å². The summed E-state index contributed by atoms with van der Waals surface area (Å²) in [6, 6.07) is 0. The predicted molar refractivity (Wildman–Crippen MR) is 71.1 cm³/mol. The molecule has 0 unspecified atom stereocenters. The fourth-order valence-electron chi connectivity index (χ4n) is 2.13. The van der Waals surface area contributed by atoms with Gasteiger partial charge in [-0.05, 0) is 20.8 Å². The number of aryl methyl sites for hydroxylation is 3. The summed E-state index contributed by atoms with van der Waals surface area (Å²) in [7, 11) is 1.95. The van der Waals surface area contributed by atoms with E-state index in [0.29, 0.717) is 0 Å². The van der Waals surface area contributed by atoms with Crippen LogP contribution in [0.2, 0.25) is 0 Å². The van der Waals surface area contributed by atoms with Crippen molar-refractivity contribution in [1.82, 2.24) is 24.9 Å². The van der Waals surface area contributed by atoms with Gasteiger partial charge in [0.1, 0.15) is 0 Å². The first-order chi connectivity index (χ1) is 8.61. The van der Waals surface area contributed by atoms with Crippen LogP contribution in [0.4, 0.5) is 0 Å². The minimum atomic E-state index is 0.844. The molecule has 5 heteroatoms. The van der Waals surface area contributed by atoms with Gasteiger partial charge in [0.15, 0.2) is 0 Å². The van der Waals surface area contributed by atoms with Crippen LogP contribution in [0.15, 0.2) is 12.4 Å². The molecule has 0 bridgehead atoms. The zero-order chi connectivity index (χ0) is 13.1. The molecule has 0 radical (unpaired) electrons. The van der Waals surface area contributed by atoms with E-state index in [-0.39, 0.29) is 0 Å². The molecular formula is C13H21N5. The minimum absolute atomic E-state index is 0.844. The standard InChI is InChI=1S/C13H21N5/c1-5-18-11(3)12(8-15-18)6-14-7-13-9-17(4)16-10(13)2/h8-9,14H,5-7H2,1-4H3. The number of aromatic nitrogens is 4. The first-order valence-electron chi connectivity index (χ1n) is 6.33. The van der Waals surface area contributed by atoms with Crippen molar-refractivity contribution >= 4 is 0 Å². The van der Waals surface area contributed by atoms with Gasteiger partial charge in [0.2, 0.25) is 0 Å². The smallest absolute Gasteiger partial charge is 0.0638 e. The van der Waals surface area contributed by atoms with Crippen molar-refractivity contribution < 1.29 is 0 Å². The Balaban J connectivity index is 1.92. The van der Waals surface area contributed by atoms with E-state index in [0.717, 1.165) is 25.3 Å². The van der Waals surface area contributed by atoms with E-state index in [4.69, 9.17) is 0 Å². The number of hydrogen-bond acceptors (Lipinski definition) is 3. The molecule has 0 amide bonds. The zero-order valence-electron chi connectivity index (χ0n) is 11.6. The second-order valence-corrected chi connectivity index (χ2v) is 4.59. The molecule has 0 saturated heterocycles. The average Bonchev–Trinajstić information content (AvgIpc) is 2.83. The van der Waals surface area contributed by atoms with Crippen LogP contribution in [0.5, 0.6) is 0 Å². The fourth-order valence-corrected chi connectivity index (χ4v) is 2.13. The molecule has 0 atom stereocenters. The summed E-state index contributed by atoms with van der Waals surface area (Å²) in [6.07, 6.45) is 4.01. The molecule has 5 nitrogen and oxygen atoms in total. The Bertz CT molecular complexity index is 523. The van der Waals surface area contributed by atoms with Crippen LogP contribution in [0, 0.1) is 13.8 Å². The van der Waals surface area contributed by atoms with Crippen molar-refractivity contribution in [3.05, 3.63) is 34.9 Å². The zero-order valence-corrected chi connectivity index (χ0v) is 11.6. The van der Waals surface area contributed by atoms with Crippen molar-refractivity contribution in [2.24, 2.45) is 7.05 Å². The second kappa shape index (κ2) is 5.35. The highest BCUT2D eigenvalue weighted by Gasteiger charge is 2.06. The number of nitrogens with zero attached hydrogens (tertiary/aromatic N) is 4. The highest BCUT2D eigenvalue weighted by molar-refractivity contribution is 5.17. The highest BCUT2D eigenvalue weighted by atomic mass is 15.3. The maximum absolute atomic E-state index is 4.34. The van der Waals surface area contributed by atoms with E-state index < -0.39 is 0 Å². The molecule has 2 heterocycles. The van der Waals surface area contributed by atoms with E-state index in [1.54, 1.807) is 0 Å². The van der Waals surface area contributed by atoms with Crippen molar-refractivity contribution in [2.75, 3.05) is 0 Å². The fraction of sp³-hybridized carbons (Fsp3) is 0.538. The lowest BCUT2D eigenvalue weighted by molar-refractivity contribution is 0.633. The van der Waals surface area contributed by atoms with E-state index in [9.17, 15) is 0 Å². The van der Waals surface area contributed by atoms with Crippen LogP contribution in [-0.4, -0.2) is 19.6 Å². The summed E-state index contributed by atoms with van der Waals surface area (Å²) in [6.45, 7) is 8.88. The predicted octanol–water partition coefficient (Wildman–Crippen LogP) is 1.54. The Morgan fingerprint density at radius 1 is 1.22 bits per heavy atom. The largest absolute Gasteiger partial charge is 0.308 e. The maximum Gasteiger partial charge on any atom is 0.0638 e. The van der Waals surface area contributed by atoms with Crippen molar-refractivity contribution in [2.45, 2.75) is 40.4 Å². The van der Waals surface area contributed by atoms with Gasteiger partial charge in [0, 0.05) is 49.7 Å². The third-order valence-corrected chi connectivity index (χ3v) is 3.25. The van der Waals surface area contributed by atoms with Gasteiger partial charge in [0.25, 0.3) is 0 Å². The third kappa shape index (κ3) is 2.61. The van der Waals surface area contributed by atoms with Gasteiger partial charge in [-0.2, -0.15) is 10.2 Å². The summed E-state index contributed by atoms with van der Waals surface area (Å²) < 4.78 is 3.87. The van der Waals surface area contributed by atoms with Gasteiger partial charge >= 0.3 is 0 Å². The van der Waals surface area contributed by atoms with E-state index in [1.807, 2.05) is 29.5 Å². The lowest BCUT2D eigenvalue weighted by Crippen LogP contribution is -2.13. The van der Waals surface area contributed by atoms with E-state index in [1.165, 1.54) is 16.8 Å². The van der Waals surface area contributed by atoms with Gasteiger partial charge in [0.05, 0.1) is 11.9 Å². The van der Waals surface area contributed by atoms with Crippen molar-refractivity contribution in [3.8, 4) is 0 Å². The normalized spacial score (nSPS) is 11.1. The van der Waals surface area contributed by atoms with Crippen molar-refractivity contribution in [1.29, 1.82) is 0 Å². The molecule has 98 valence electrons. The Labute approximate surface area is 108 Å². The molecule has 2 aromatic heterocycles. The van der Waals surface area contributed by atoms with Crippen LogP contribution in [0.1, 0.15) is 29.4 Å².